The van der Waals surface area contributed by atoms with Crippen LogP contribution in [0.4, 0.5) is 0 Å². The largest absolute Gasteiger partial charge is 0.393 e. The Morgan fingerprint density at radius 3 is 2.58 bits per heavy atom. The maximum atomic E-state index is 10.7. The van der Waals surface area contributed by atoms with Gasteiger partial charge in [-0.1, -0.05) is 0 Å². The Labute approximate surface area is 72.7 Å². The van der Waals surface area contributed by atoms with Crippen molar-refractivity contribution in [3.63, 3.8) is 0 Å². The highest BCUT2D eigenvalue weighted by atomic mass is 32.2. The predicted molar refractivity (Wildman–Crippen MR) is 44.2 cm³/mol. The van der Waals surface area contributed by atoms with Crippen molar-refractivity contribution in [2.24, 2.45) is 0 Å². The summed E-state index contributed by atoms with van der Waals surface area (Å²) >= 11 is 0. The summed E-state index contributed by atoms with van der Waals surface area (Å²) < 4.78 is 26.2. The Balaban J connectivity index is 2.43. The number of rotatable bonds is 2. The Kier molecular flexibility index (Phi) is 3.09. The van der Waals surface area contributed by atoms with Gasteiger partial charge >= 0.3 is 0 Å². The lowest BCUT2D eigenvalue weighted by Crippen LogP contribution is -2.27. The van der Waals surface area contributed by atoms with Crippen LogP contribution >= 0.6 is 0 Å². The molecule has 2 atom stereocenters. The van der Waals surface area contributed by atoms with Gasteiger partial charge in [-0.2, -0.15) is 8.42 Å². The van der Waals surface area contributed by atoms with Crippen molar-refractivity contribution in [3.8, 4) is 0 Å². The highest BCUT2D eigenvalue weighted by Gasteiger charge is 2.23. The van der Waals surface area contributed by atoms with Crippen LogP contribution in [0.3, 0.4) is 0 Å². The molecule has 0 bridgehead atoms. The normalized spacial score (nSPS) is 31.8. The van der Waals surface area contributed by atoms with Crippen molar-refractivity contribution in [2.75, 3.05) is 6.26 Å². The lowest BCUT2D eigenvalue weighted by molar-refractivity contribution is 0.0576. The highest BCUT2D eigenvalue weighted by molar-refractivity contribution is 7.86. The lowest BCUT2D eigenvalue weighted by atomic mass is 9.95. The highest BCUT2D eigenvalue weighted by Crippen LogP contribution is 2.21. The van der Waals surface area contributed by atoms with Gasteiger partial charge < -0.3 is 5.11 Å². The Hall–Kier alpha value is -0.130. The van der Waals surface area contributed by atoms with Crippen LogP contribution in [0.5, 0.6) is 0 Å². The standard InChI is InChI=1S/C7H14O4S/c1-12(9,10)11-7-4-2-3-6(8)5-7/h6-8H,2-5H2,1H3/t6-,7-/m1/s1. The van der Waals surface area contributed by atoms with Gasteiger partial charge in [0, 0.05) is 6.42 Å². The summed E-state index contributed by atoms with van der Waals surface area (Å²) in [6.45, 7) is 0. The van der Waals surface area contributed by atoms with Gasteiger partial charge in [0.05, 0.1) is 18.5 Å². The molecule has 0 aromatic rings. The summed E-state index contributed by atoms with van der Waals surface area (Å²) in [6.07, 6.45) is 3.07. The fraction of sp³-hybridized carbons (Fsp3) is 1.00. The van der Waals surface area contributed by atoms with E-state index in [1.165, 1.54) is 0 Å². The van der Waals surface area contributed by atoms with E-state index in [9.17, 15) is 13.5 Å². The smallest absolute Gasteiger partial charge is 0.264 e. The van der Waals surface area contributed by atoms with Gasteiger partial charge in [0.25, 0.3) is 10.1 Å². The van der Waals surface area contributed by atoms with Crippen LogP contribution in [0.15, 0.2) is 0 Å². The van der Waals surface area contributed by atoms with Crippen LogP contribution in [0.2, 0.25) is 0 Å². The quantitative estimate of drug-likeness (QED) is 0.641. The molecule has 1 rings (SSSR count). The zero-order chi connectivity index (χ0) is 9.19. The van der Waals surface area contributed by atoms with E-state index in [4.69, 9.17) is 4.18 Å². The molecule has 12 heavy (non-hydrogen) atoms. The van der Waals surface area contributed by atoms with Crippen molar-refractivity contribution in [2.45, 2.75) is 37.9 Å². The SMILES string of the molecule is CS(=O)(=O)O[C@@H]1CCC[C@@H](O)C1. The van der Waals surface area contributed by atoms with E-state index in [0.717, 1.165) is 25.5 Å². The second-order valence-corrected chi connectivity index (χ2v) is 4.84. The molecule has 1 fully saturated rings. The second-order valence-electron chi connectivity index (χ2n) is 3.24. The van der Waals surface area contributed by atoms with Gasteiger partial charge in [-0.3, -0.25) is 4.18 Å². The number of hydrogen-bond acceptors (Lipinski definition) is 4. The molecule has 0 aromatic carbocycles. The van der Waals surface area contributed by atoms with E-state index in [2.05, 4.69) is 0 Å². The van der Waals surface area contributed by atoms with Gasteiger partial charge in [-0.05, 0) is 19.3 Å². The van der Waals surface area contributed by atoms with E-state index < -0.39 is 16.2 Å². The van der Waals surface area contributed by atoms with Crippen molar-refractivity contribution in [3.05, 3.63) is 0 Å². The van der Waals surface area contributed by atoms with Crippen LogP contribution in [0.1, 0.15) is 25.7 Å². The van der Waals surface area contributed by atoms with Gasteiger partial charge in [-0.15, -0.1) is 0 Å². The van der Waals surface area contributed by atoms with Crippen molar-refractivity contribution >= 4 is 10.1 Å². The summed E-state index contributed by atoms with van der Waals surface area (Å²) in [4.78, 5) is 0. The zero-order valence-electron chi connectivity index (χ0n) is 7.06. The van der Waals surface area contributed by atoms with Gasteiger partial charge in [0.2, 0.25) is 0 Å². The first-order valence-electron chi connectivity index (χ1n) is 4.04. The molecule has 0 spiro atoms. The van der Waals surface area contributed by atoms with E-state index in [-0.39, 0.29) is 6.10 Å². The minimum absolute atomic E-state index is 0.316. The molecule has 0 heterocycles. The fourth-order valence-electron chi connectivity index (χ4n) is 1.45. The van der Waals surface area contributed by atoms with E-state index in [0.29, 0.717) is 6.42 Å². The molecule has 4 nitrogen and oxygen atoms in total. The number of hydrogen-bond donors (Lipinski definition) is 1. The Morgan fingerprint density at radius 2 is 2.08 bits per heavy atom. The first-order valence-corrected chi connectivity index (χ1v) is 5.85. The third kappa shape index (κ3) is 3.51. The fourth-order valence-corrected chi connectivity index (χ4v) is 2.12. The maximum Gasteiger partial charge on any atom is 0.264 e. The van der Waals surface area contributed by atoms with E-state index >= 15 is 0 Å². The van der Waals surface area contributed by atoms with E-state index in [1.54, 1.807) is 0 Å². The van der Waals surface area contributed by atoms with Crippen molar-refractivity contribution in [1.29, 1.82) is 0 Å². The third-order valence-electron chi connectivity index (χ3n) is 1.91. The monoisotopic (exact) mass is 194 g/mol. The molecule has 1 aliphatic rings. The minimum Gasteiger partial charge on any atom is -0.393 e. The van der Waals surface area contributed by atoms with Crippen LogP contribution < -0.4 is 0 Å². The molecule has 1 aliphatic carbocycles. The Morgan fingerprint density at radius 1 is 1.42 bits per heavy atom. The number of aliphatic hydroxyl groups is 1. The van der Waals surface area contributed by atoms with Gasteiger partial charge in [0.15, 0.2) is 0 Å². The summed E-state index contributed by atoms with van der Waals surface area (Å²) in [7, 11) is -3.36. The maximum absolute atomic E-state index is 10.7. The summed E-state index contributed by atoms with van der Waals surface area (Å²) in [5.41, 5.74) is 0. The molecule has 1 saturated carbocycles. The molecule has 1 N–H and O–H groups in total. The number of aliphatic hydroxyl groups excluding tert-OH is 1. The van der Waals surface area contributed by atoms with Crippen LogP contribution in [0, 0.1) is 0 Å². The van der Waals surface area contributed by atoms with Crippen molar-refractivity contribution < 1.29 is 17.7 Å². The predicted octanol–water partition coefficient (Wildman–Crippen LogP) is 0.266. The van der Waals surface area contributed by atoms with Gasteiger partial charge in [-0.25, -0.2) is 0 Å². The average molecular weight is 194 g/mol. The van der Waals surface area contributed by atoms with Crippen LogP contribution in [-0.4, -0.2) is 32.0 Å². The molecule has 0 aromatic heterocycles. The molecular weight excluding hydrogens is 180 g/mol. The molecule has 0 unspecified atom stereocenters. The van der Waals surface area contributed by atoms with Crippen LogP contribution in [-0.2, 0) is 14.3 Å². The van der Waals surface area contributed by atoms with Gasteiger partial charge in [0.1, 0.15) is 0 Å². The van der Waals surface area contributed by atoms with Crippen LogP contribution in [0.25, 0.3) is 0 Å². The summed E-state index contributed by atoms with van der Waals surface area (Å²) in [5.74, 6) is 0. The minimum atomic E-state index is -3.36. The Bertz CT molecular complexity index is 234. The third-order valence-corrected chi connectivity index (χ3v) is 2.53. The first kappa shape index (κ1) is 9.95. The van der Waals surface area contributed by atoms with Crippen molar-refractivity contribution in [1.82, 2.24) is 0 Å². The molecular formula is C7H14O4S. The average Bonchev–Trinajstić information content (AvgIpc) is 1.82. The molecule has 5 heteroatoms. The molecule has 72 valence electrons. The molecule has 0 amide bonds. The second kappa shape index (κ2) is 3.72. The molecule has 0 saturated heterocycles. The molecule has 0 aliphatic heterocycles. The summed E-state index contributed by atoms with van der Waals surface area (Å²) in [5, 5.41) is 9.20. The lowest BCUT2D eigenvalue weighted by Gasteiger charge is -2.24. The summed E-state index contributed by atoms with van der Waals surface area (Å²) in [6, 6.07) is 0. The molecule has 0 radical (unpaired) electrons. The topological polar surface area (TPSA) is 63.6 Å². The zero-order valence-corrected chi connectivity index (χ0v) is 7.88. The first-order chi connectivity index (χ1) is 5.47. The van der Waals surface area contributed by atoms with E-state index in [1.807, 2.05) is 0 Å².